The monoisotopic (exact) mass is 153 g/mol. The average Bonchev–Trinajstić information content (AvgIpc) is 2.48. The Hall–Kier alpha value is -0.860. The molecule has 0 spiro atoms. The molecule has 0 aromatic carbocycles. The molecule has 0 saturated carbocycles. The molecule has 0 aliphatic heterocycles. The summed E-state index contributed by atoms with van der Waals surface area (Å²) in [7, 11) is 0. The van der Waals surface area contributed by atoms with Gasteiger partial charge in [0.05, 0.1) is 18.4 Å². The van der Waals surface area contributed by atoms with Crippen LogP contribution in [0.25, 0.3) is 0 Å². The number of unbranched alkanes of at least 4 members (excludes halogenated alkanes) is 1. The third kappa shape index (κ3) is 2.33. The lowest BCUT2D eigenvalue weighted by molar-refractivity contribution is 0.504. The Bertz CT molecular complexity index is 205. The molecule has 3 heteroatoms. The maximum Gasteiger partial charge on any atom is 0.0824 e. The minimum absolute atomic E-state index is 0.955. The largest absolute Gasteiger partial charge is 0.185 e. The summed E-state index contributed by atoms with van der Waals surface area (Å²) in [6.07, 6.45) is 5.18. The van der Waals surface area contributed by atoms with Crippen molar-refractivity contribution in [3.05, 3.63) is 11.9 Å². The van der Waals surface area contributed by atoms with E-state index < -0.39 is 0 Å². The van der Waals surface area contributed by atoms with Gasteiger partial charge < -0.3 is 0 Å². The fourth-order valence-electron chi connectivity index (χ4n) is 0.902. The summed E-state index contributed by atoms with van der Waals surface area (Å²) in [6, 6.07) is 0. The molecule has 0 aliphatic rings. The van der Waals surface area contributed by atoms with Gasteiger partial charge in [0, 0.05) is 0 Å². The van der Waals surface area contributed by atoms with Crippen molar-refractivity contribution in [2.24, 2.45) is 0 Å². The van der Waals surface area contributed by atoms with E-state index in [9.17, 15) is 0 Å². The number of rotatable bonds is 4. The fourth-order valence-corrected chi connectivity index (χ4v) is 0.902. The highest BCUT2D eigenvalue weighted by atomic mass is 15.5. The van der Waals surface area contributed by atoms with Gasteiger partial charge in [-0.2, -0.15) is 15.0 Å². The molecule has 1 aromatic heterocycles. The lowest BCUT2D eigenvalue weighted by atomic mass is 10.3. The van der Waals surface area contributed by atoms with Gasteiger partial charge in [-0.1, -0.05) is 20.3 Å². The summed E-state index contributed by atoms with van der Waals surface area (Å²) in [5.41, 5.74) is 1.08. The van der Waals surface area contributed by atoms with E-state index in [-0.39, 0.29) is 0 Å². The Morgan fingerprint density at radius 3 is 2.82 bits per heavy atom. The Labute approximate surface area is 67.4 Å². The van der Waals surface area contributed by atoms with Crippen LogP contribution < -0.4 is 0 Å². The molecule has 0 bridgehead atoms. The minimum atomic E-state index is 0.955. The van der Waals surface area contributed by atoms with Crippen molar-refractivity contribution in [3.8, 4) is 0 Å². The molecule has 1 rings (SSSR count). The van der Waals surface area contributed by atoms with Gasteiger partial charge in [-0.05, 0) is 12.8 Å². The molecule has 62 valence electrons. The second-order valence-corrected chi connectivity index (χ2v) is 2.64. The van der Waals surface area contributed by atoms with Crippen LogP contribution in [0, 0.1) is 0 Å². The number of aryl methyl sites for hydroxylation is 2. The summed E-state index contributed by atoms with van der Waals surface area (Å²) in [6.45, 7) is 5.22. The smallest absolute Gasteiger partial charge is 0.0824 e. The van der Waals surface area contributed by atoms with E-state index in [1.807, 2.05) is 6.20 Å². The van der Waals surface area contributed by atoms with E-state index in [4.69, 9.17) is 0 Å². The number of hydrogen-bond acceptors (Lipinski definition) is 2. The number of nitrogens with zero attached hydrogens (tertiary/aromatic N) is 3. The van der Waals surface area contributed by atoms with Gasteiger partial charge in [0.2, 0.25) is 0 Å². The lowest BCUT2D eigenvalue weighted by Crippen LogP contribution is -2.01. The molecule has 1 heterocycles. The molecular weight excluding hydrogens is 138 g/mol. The van der Waals surface area contributed by atoms with Crippen LogP contribution in [0.4, 0.5) is 0 Å². The zero-order valence-electron chi connectivity index (χ0n) is 7.25. The first-order chi connectivity index (χ1) is 5.36. The Kier molecular flexibility index (Phi) is 3.08. The molecule has 0 N–H and O–H groups in total. The van der Waals surface area contributed by atoms with Crippen molar-refractivity contribution in [1.29, 1.82) is 0 Å². The van der Waals surface area contributed by atoms with Crippen LogP contribution in [-0.4, -0.2) is 15.0 Å². The SMILES string of the molecule is CCCCn1ncc(CC)n1. The normalized spacial score (nSPS) is 10.4. The van der Waals surface area contributed by atoms with Gasteiger partial charge in [-0.3, -0.25) is 0 Å². The number of aromatic nitrogens is 3. The molecule has 0 atom stereocenters. The van der Waals surface area contributed by atoms with Crippen molar-refractivity contribution in [2.45, 2.75) is 39.7 Å². The summed E-state index contributed by atoms with van der Waals surface area (Å²) >= 11 is 0. The Balaban J connectivity index is 2.44. The highest BCUT2D eigenvalue weighted by Crippen LogP contribution is 1.94. The molecular formula is C8H15N3. The van der Waals surface area contributed by atoms with Crippen LogP contribution in [0.15, 0.2) is 6.20 Å². The van der Waals surface area contributed by atoms with Gasteiger partial charge in [-0.25, -0.2) is 0 Å². The topological polar surface area (TPSA) is 30.7 Å². The summed E-state index contributed by atoms with van der Waals surface area (Å²) in [5.74, 6) is 0. The van der Waals surface area contributed by atoms with Gasteiger partial charge >= 0.3 is 0 Å². The first-order valence-corrected chi connectivity index (χ1v) is 4.25. The second-order valence-electron chi connectivity index (χ2n) is 2.64. The highest BCUT2D eigenvalue weighted by Gasteiger charge is 1.95. The van der Waals surface area contributed by atoms with Gasteiger partial charge in [0.25, 0.3) is 0 Å². The van der Waals surface area contributed by atoms with Crippen molar-refractivity contribution < 1.29 is 0 Å². The standard InChI is InChI=1S/C8H15N3/c1-3-5-6-11-9-7-8(4-2)10-11/h7H,3-6H2,1-2H3. The average molecular weight is 153 g/mol. The van der Waals surface area contributed by atoms with Crippen LogP contribution in [0.1, 0.15) is 32.4 Å². The summed E-state index contributed by atoms with van der Waals surface area (Å²) in [4.78, 5) is 1.78. The summed E-state index contributed by atoms with van der Waals surface area (Å²) < 4.78 is 0. The zero-order valence-corrected chi connectivity index (χ0v) is 7.25. The second kappa shape index (κ2) is 4.11. The molecule has 0 aliphatic carbocycles. The molecule has 0 fully saturated rings. The molecule has 1 aromatic rings. The first-order valence-electron chi connectivity index (χ1n) is 4.25. The number of hydrogen-bond donors (Lipinski definition) is 0. The van der Waals surface area contributed by atoms with E-state index in [2.05, 4.69) is 24.0 Å². The van der Waals surface area contributed by atoms with E-state index in [0.29, 0.717) is 0 Å². The molecule has 0 radical (unpaired) electrons. The van der Waals surface area contributed by atoms with Crippen molar-refractivity contribution in [2.75, 3.05) is 0 Å². The first kappa shape index (κ1) is 8.24. The van der Waals surface area contributed by atoms with Crippen LogP contribution in [0.5, 0.6) is 0 Å². The van der Waals surface area contributed by atoms with Gasteiger partial charge in [0.1, 0.15) is 0 Å². The van der Waals surface area contributed by atoms with Crippen molar-refractivity contribution in [3.63, 3.8) is 0 Å². The van der Waals surface area contributed by atoms with E-state index in [1.54, 1.807) is 4.80 Å². The van der Waals surface area contributed by atoms with Gasteiger partial charge in [0.15, 0.2) is 0 Å². The molecule has 11 heavy (non-hydrogen) atoms. The Morgan fingerprint density at radius 2 is 2.27 bits per heavy atom. The minimum Gasteiger partial charge on any atom is -0.185 e. The predicted molar refractivity (Wildman–Crippen MR) is 44.3 cm³/mol. The lowest BCUT2D eigenvalue weighted by Gasteiger charge is -1.94. The third-order valence-corrected chi connectivity index (χ3v) is 1.66. The quantitative estimate of drug-likeness (QED) is 0.658. The maximum atomic E-state index is 4.27. The Morgan fingerprint density at radius 1 is 1.45 bits per heavy atom. The van der Waals surface area contributed by atoms with Crippen LogP contribution >= 0.6 is 0 Å². The van der Waals surface area contributed by atoms with Crippen LogP contribution in [-0.2, 0) is 13.0 Å². The van der Waals surface area contributed by atoms with Crippen LogP contribution in [0.2, 0.25) is 0 Å². The zero-order chi connectivity index (χ0) is 8.10. The van der Waals surface area contributed by atoms with Crippen molar-refractivity contribution >= 4 is 0 Å². The van der Waals surface area contributed by atoms with Crippen LogP contribution in [0.3, 0.4) is 0 Å². The highest BCUT2D eigenvalue weighted by molar-refractivity contribution is 4.89. The van der Waals surface area contributed by atoms with E-state index in [0.717, 1.165) is 25.1 Å². The molecule has 3 nitrogen and oxygen atoms in total. The molecule has 0 unspecified atom stereocenters. The van der Waals surface area contributed by atoms with E-state index in [1.165, 1.54) is 6.42 Å². The predicted octanol–water partition coefficient (Wildman–Crippen LogP) is 1.64. The van der Waals surface area contributed by atoms with Gasteiger partial charge in [-0.15, -0.1) is 0 Å². The molecule has 0 amide bonds. The van der Waals surface area contributed by atoms with E-state index >= 15 is 0 Å². The van der Waals surface area contributed by atoms with Crippen molar-refractivity contribution in [1.82, 2.24) is 15.0 Å². The third-order valence-electron chi connectivity index (χ3n) is 1.66. The fraction of sp³-hybridized carbons (Fsp3) is 0.750. The molecule has 0 saturated heterocycles. The summed E-state index contributed by atoms with van der Waals surface area (Å²) in [5, 5.41) is 8.40. The maximum absolute atomic E-state index is 4.27.